The van der Waals surface area contributed by atoms with Crippen LogP contribution in [-0.2, 0) is 0 Å². The first-order valence-corrected chi connectivity index (χ1v) is 26.0. The predicted octanol–water partition coefficient (Wildman–Crippen LogP) is 16.5. The zero-order valence-corrected chi connectivity index (χ0v) is 33.3. The van der Waals surface area contributed by atoms with E-state index in [-0.39, 0.29) is 0 Å². The van der Waals surface area contributed by atoms with Gasteiger partial charge in [0.05, 0.1) is 0 Å². The van der Waals surface area contributed by atoms with Crippen LogP contribution < -0.4 is 0 Å². The normalized spacial score (nSPS) is 13.0. The van der Waals surface area contributed by atoms with Crippen molar-refractivity contribution in [1.29, 1.82) is 0 Å². The molecule has 0 heterocycles. The van der Waals surface area contributed by atoms with Crippen LogP contribution in [0.1, 0.15) is 233 Å². The van der Waals surface area contributed by atoms with Crippen molar-refractivity contribution >= 4 is 26.3 Å². The first kappa shape index (κ1) is 43.2. The van der Waals surface area contributed by atoms with E-state index in [1.807, 2.05) is 0 Å². The van der Waals surface area contributed by atoms with Crippen LogP contribution in [0, 0.1) is 0 Å². The molecule has 0 saturated carbocycles. The van der Waals surface area contributed by atoms with Crippen molar-refractivity contribution in [2.24, 2.45) is 0 Å². The Morgan fingerprint density at radius 1 is 0.238 bits per heavy atom. The maximum absolute atomic E-state index is 3.24. The predicted molar refractivity (Wildman–Crippen MR) is 211 cm³/mol. The molecule has 0 aliphatic rings. The third kappa shape index (κ3) is 27.5. The number of hydrogen-bond donors (Lipinski definition) is 0. The van der Waals surface area contributed by atoms with Gasteiger partial charge in [-0.25, -0.2) is 0 Å². The molecule has 2 heteroatoms. The third-order valence-corrected chi connectivity index (χ3v) is 21.8. The Balaban J connectivity index is 4.73. The van der Waals surface area contributed by atoms with Crippen molar-refractivity contribution in [2.45, 2.75) is 233 Å². The standard InChI is InChI=1S/C40H84IP/c1-5-9-13-17-21-22-23-24-25-26-27-28-32-36-40-42(41,37-33-29-18-14-10-6-2,38-34-30-19-15-11-7-3)39-35-31-20-16-12-8-4/h5-40H2,1-4H3. The molecular weight excluding hydrogens is 638 g/mol. The minimum absolute atomic E-state index is 1.37. The van der Waals surface area contributed by atoms with E-state index in [1.165, 1.54) is 199 Å². The second-order valence-corrected chi connectivity index (χ2v) is 28.2. The van der Waals surface area contributed by atoms with Crippen LogP contribution in [-0.4, -0.2) is 24.6 Å². The first-order valence-electron chi connectivity index (χ1n) is 20.3. The van der Waals surface area contributed by atoms with Crippen molar-refractivity contribution in [1.82, 2.24) is 0 Å². The van der Waals surface area contributed by atoms with Crippen LogP contribution in [0.3, 0.4) is 0 Å². The van der Waals surface area contributed by atoms with Crippen LogP contribution in [0.5, 0.6) is 0 Å². The SMILES string of the molecule is CCCCCCCCCCCCCCCCP(I)(CCCCCCCC)(CCCCCCCC)CCCCCCCC. The minimum atomic E-state index is -1.63. The third-order valence-electron chi connectivity index (χ3n) is 10.3. The summed E-state index contributed by atoms with van der Waals surface area (Å²) in [5.41, 5.74) is 0. The van der Waals surface area contributed by atoms with E-state index in [9.17, 15) is 0 Å². The summed E-state index contributed by atoms with van der Waals surface area (Å²) in [6.45, 7) is 9.39. The summed E-state index contributed by atoms with van der Waals surface area (Å²) in [6.07, 6.45) is 53.8. The Labute approximate surface area is 282 Å². The van der Waals surface area contributed by atoms with Crippen LogP contribution in [0.4, 0.5) is 0 Å². The zero-order valence-electron chi connectivity index (χ0n) is 30.3. The molecule has 0 aromatic rings. The van der Waals surface area contributed by atoms with Gasteiger partial charge in [-0.05, 0) is 0 Å². The summed E-state index contributed by atoms with van der Waals surface area (Å²) in [7, 11) is 0. The van der Waals surface area contributed by atoms with E-state index in [4.69, 9.17) is 0 Å². The van der Waals surface area contributed by atoms with Crippen LogP contribution in [0.15, 0.2) is 0 Å². The van der Waals surface area contributed by atoms with E-state index in [0.29, 0.717) is 0 Å². The summed E-state index contributed by atoms with van der Waals surface area (Å²) in [5.74, 6) is 0. The quantitative estimate of drug-likeness (QED) is 0.0343. The topological polar surface area (TPSA) is 0 Å². The molecule has 0 aliphatic carbocycles. The van der Waals surface area contributed by atoms with Crippen molar-refractivity contribution < 1.29 is 0 Å². The molecule has 0 amide bonds. The van der Waals surface area contributed by atoms with Gasteiger partial charge >= 0.3 is 258 Å². The summed E-state index contributed by atoms with van der Waals surface area (Å²) >= 11 is 3.24. The van der Waals surface area contributed by atoms with Crippen LogP contribution >= 0.6 is 26.3 Å². The Hall–Kier alpha value is 1.16. The molecule has 42 heavy (non-hydrogen) atoms. The molecule has 0 aliphatic heterocycles. The molecule has 0 bridgehead atoms. The van der Waals surface area contributed by atoms with Gasteiger partial charge in [-0.15, -0.1) is 0 Å². The number of unbranched alkanes of at least 4 members (excludes halogenated alkanes) is 28. The van der Waals surface area contributed by atoms with Crippen LogP contribution in [0.2, 0.25) is 0 Å². The van der Waals surface area contributed by atoms with Gasteiger partial charge in [0, 0.05) is 0 Å². The molecule has 0 nitrogen and oxygen atoms in total. The Morgan fingerprint density at radius 3 is 0.548 bits per heavy atom. The Morgan fingerprint density at radius 2 is 0.381 bits per heavy atom. The fourth-order valence-electron chi connectivity index (χ4n) is 7.23. The molecule has 256 valence electrons. The van der Waals surface area contributed by atoms with Gasteiger partial charge in [0.15, 0.2) is 0 Å². The van der Waals surface area contributed by atoms with Crippen molar-refractivity contribution in [3.05, 3.63) is 0 Å². The number of halogens is 1. The second kappa shape index (κ2) is 32.1. The summed E-state index contributed by atoms with van der Waals surface area (Å²) in [5, 5.41) is 0. The molecule has 0 spiro atoms. The van der Waals surface area contributed by atoms with E-state index >= 15 is 0 Å². The molecule has 0 atom stereocenters. The molecule has 0 aromatic carbocycles. The van der Waals surface area contributed by atoms with Gasteiger partial charge in [0.25, 0.3) is 0 Å². The van der Waals surface area contributed by atoms with Gasteiger partial charge in [-0.2, -0.15) is 0 Å². The molecule has 0 radical (unpaired) electrons. The maximum atomic E-state index is 3.24. The van der Waals surface area contributed by atoms with Gasteiger partial charge in [-0.1, -0.05) is 26.2 Å². The number of hydrogen-bond acceptors (Lipinski definition) is 0. The second-order valence-electron chi connectivity index (χ2n) is 14.6. The fraction of sp³-hybridized carbons (Fsp3) is 1.00. The molecule has 0 aromatic heterocycles. The summed E-state index contributed by atoms with van der Waals surface area (Å²) < 4.78 is -1.63. The van der Waals surface area contributed by atoms with E-state index in [0.717, 1.165) is 0 Å². The van der Waals surface area contributed by atoms with Crippen molar-refractivity contribution in [3.63, 3.8) is 0 Å². The monoisotopic (exact) mass is 723 g/mol. The van der Waals surface area contributed by atoms with E-state index in [1.54, 1.807) is 31.1 Å². The van der Waals surface area contributed by atoms with E-state index in [2.05, 4.69) is 49.7 Å². The molecular formula is C40H84IP. The Kier molecular flexibility index (Phi) is 33.0. The fourth-order valence-corrected chi connectivity index (χ4v) is 16.7. The van der Waals surface area contributed by atoms with Gasteiger partial charge in [0.2, 0.25) is 0 Å². The first-order chi connectivity index (χ1) is 20.5. The molecule has 0 N–H and O–H groups in total. The van der Waals surface area contributed by atoms with Gasteiger partial charge < -0.3 is 0 Å². The molecule has 0 unspecified atom stereocenters. The number of rotatable bonds is 36. The summed E-state index contributed by atoms with van der Waals surface area (Å²) in [4.78, 5) is 0. The average molecular weight is 723 g/mol. The van der Waals surface area contributed by atoms with E-state index < -0.39 is 4.25 Å². The van der Waals surface area contributed by atoms with Crippen molar-refractivity contribution in [3.8, 4) is 0 Å². The molecule has 0 rings (SSSR count). The van der Waals surface area contributed by atoms with Gasteiger partial charge in [0.1, 0.15) is 0 Å². The Bertz CT molecular complexity index is 474. The molecule has 0 saturated heterocycles. The van der Waals surface area contributed by atoms with Crippen molar-refractivity contribution in [2.75, 3.05) is 24.6 Å². The van der Waals surface area contributed by atoms with Gasteiger partial charge in [-0.3, -0.25) is 0 Å². The average Bonchev–Trinajstić information content (AvgIpc) is 2.99. The summed E-state index contributed by atoms with van der Waals surface area (Å²) in [6, 6.07) is 0. The zero-order chi connectivity index (χ0) is 30.9. The molecule has 0 fully saturated rings. The van der Waals surface area contributed by atoms with Crippen LogP contribution in [0.25, 0.3) is 0 Å².